The first-order chi connectivity index (χ1) is 4.88. The average Bonchev–Trinajstić information content (AvgIpc) is 2.36. The fourth-order valence-corrected chi connectivity index (χ4v) is 0.743. The van der Waals surface area contributed by atoms with Crippen LogP contribution < -0.4 is 0 Å². The van der Waals surface area contributed by atoms with Crippen LogP contribution in [0.5, 0.6) is 6.01 Å². The molecule has 0 aromatic carbocycles. The van der Waals surface area contributed by atoms with E-state index >= 15 is 0 Å². The summed E-state index contributed by atoms with van der Waals surface area (Å²) in [6.45, 7) is 0. The summed E-state index contributed by atoms with van der Waals surface area (Å²) in [4.78, 5) is 7.36. The molecule has 2 aromatic heterocycles. The van der Waals surface area contributed by atoms with Gasteiger partial charge in [-0.1, -0.05) is 0 Å². The van der Waals surface area contributed by atoms with E-state index in [-0.39, 0.29) is 6.01 Å². The van der Waals surface area contributed by atoms with Gasteiger partial charge in [0.2, 0.25) is 0 Å². The summed E-state index contributed by atoms with van der Waals surface area (Å²) in [6, 6.07) is 1.54. The van der Waals surface area contributed by atoms with Crippen LogP contribution in [0.25, 0.3) is 5.65 Å². The highest BCUT2D eigenvalue weighted by Crippen LogP contribution is 2.03. The minimum Gasteiger partial charge on any atom is -0.479 e. The predicted molar refractivity (Wildman–Crippen MR) is 32.4 cm³/mol. The van der Waals surface area contributed by atoms with Crippen LogP contribution in [0.4, 0.5) is 0 Å². The van der Waals surface area contributed by atoms with Crippen molar-refractivity contribution in [1.29, 1.82) is 0 Å². The molecule has 0 unspecified atom stereocenters. The molecule has 2 aromatic rings. The minimum atomic E-state index is -0.144. The van der Waals surface area contributed by atoms with Gasteiger partial charge in [-0.05, 0) is 0 Å². The van der Waals surface area contributed by atoms with Gasteiger partial charge in [-0.3, -0.25) is 0 Å². The number of hydrogen-bond acceptors (Lipinski definition) is 4. The Morgan fingerprint density at radius 3 is 3.10 bits per heavy atom. The summed E-state index contributed by atoms with van der Waals surface area (Å²) in [5.41, 5.74) is 0.590. The molecule has 0 saturated heterocycles. The lowest BCUT2D eigenvalue weighted by Crippen LogP contribution is -1.92. The van der Waals surface area contributed by atoms with Crippen molar-refractivity contribution < 1.29 is 5.11 Å². The van der Waals surface area contributed by atoms with E-state index in [9.17, 15) is 0 Å². The maximum absolute atomic E-state index is 9.01. The average molecular weight is 136 g/mol. The summed E-state index contributed by atoms with van der Waals surface area (Å²) in [5.74, 6) is 0. The molecule has 0 bridgehead atoms. The molecule has 0 radical (unpaired) electrons. The van der Waals surface area contributed by atoms with E-state index in [1.807, 2.05) is 0 Å². The molecule has 2 rings (SSSR count). The van der Waals surface area contributed by atoms with E-state index in [1.165, 1.54) is 10.8 Å². The molecule has 5 heteroatoms. The van der Waals surface area contributed by atoms with E-state index in [1.54, 1.807) is 12.3 Å². The molecule has 0 aliphatic rings. The lowest BCUT2D eigenvalue weighted by atomic mass is 10.7. The van der Waals surface area contributed by atoms with Crippen LogP contribution in [-0.4, -0.2) is 24.7 Å². The highest BCUT2D eigenvalue weighted by atomic mass is 16.3. The minimum absolute atomic E-state index is 0.144. The summed E-state index contributed by atoms with van der Waals surface area (Å²) in [5, 5.41) is 12.8. The monoisotopic (exact) mass is 136 g/mol. The SMILES string of the molecule is Oc1ncnc2ccnn12. The van der Waals surface area contributed by atoms with Gasteiger partial charge >= 0.3 is 6.01 Å². The number of aromatic nitrogens is 4. The van der Waals surface area contributed by atoms with Gasteiger partial charge in [-0.2, -0.15) is 14.6 Å². The molecule has 0 spiro atoms. The summed E-state index contributed by atoms with van der Waals surface area (Å²) in [6.07, 6.45) is 2.83. The smallest absolute Gasteiger partial charge is 0.318 e. The van der Waals surface area contributed by atoms with Crippen LogP contribution in [0.3, 0.4) is 0 Å². The summed E-state index contributed by atoms with van der Waals surface area (Å²) in [7, 11) is 0. The first kappa shape index (κ1) is 5.16. The molecule has 0 atom stereocenters. The molecule has 0 aliphatic heterocycles. The van der Waals surface area contributed by atoms with Crippen molar-refractivity contribution >= 4 is 5.65 Å². The predicted octanol–water partition coefficient (Wildman–Crippen LogP) is -0.170. The fraction of sp³-hybridized carbons (Fsp3) is 0. The molecule has 1 N–H and O–H groups in total. The largest absolute Gasteiger partial charge is 0.479 e. The lowest BCUT2D eigenvalue weighted by molar-refractivity contribution is 0.411. The van der Waals surface area contributed by atoms with Gasteiger partial charge in [0.1, 0.15) is 6.33 Å². The highest BCUT2D eigenvalue weighted by molar-refractivity contribution is 5.35. The van der Waals surface area contributed by atoms with Crippen molar-refractivity contribution in [3.8, 4) is 6.01 Å². The van der Waals surface area contributed by atoms with Gasteiger partial charge < -0.3 is 5.11 Å². The molecule has 50 valence electrons. The van der Waals surface area contributed by atoms with Crippen molar-refractivity contribution in [2.45, 2.75) is 0 Å². The molecule has 5 nitrogen and oxygen atoms in total. The van der Waals surface area contributed by atoms with Gasteiger partial charge in [0.25, 0.3) is 0 Å². The van der Waals surface area contributed by atoms with E-state index in [0.717, 1.165) is 0 Å². The zero-order chi connectivity index (χ0) is 6.97. The third kappa shape index (κ3) is 0.540. The van der Waals surface area contributed by atoms with Crippen molar-refractivity contribution in [3.05, 3.63) is 18.6 Å². The molecule has 0 fully saturated rings. The fourth-order valence-electron chi connectivity index (χ4n) is 0.743. The van der Waals surface area contributed by atoms with Gasteiger partial charge in [0, 0.05) is 6.07 Å². The van der Waals surface area contributed by atoms with Crippen LogP contribution in [0.15, 0.2) is 18.6 Å². The highest BCUT2D eigenvalue weighted by Gasteiger charge is 1.97. The van der Waals surface area contributed by atoms with Crippen molar-refractivity contribution in [1.82, 2.24) is 19.6 Å². The summed E-state index contributed by atoms with van der Waals surface area (Å²) < 4.78 is 1.25. The normalized spacial score (nSPS) is 10.4. The third-order valence-corrected chi connectivity index (χ3v) is 1.18. The molecule has 0 amide bonds. The maximum atomic E-state index is 9.01. The van der Waals surface area contributed by atoms with Crippen molar-refractivity contribution in [3.63, 3.8) is 0 Å². The lowest BCUT2D eigenvalue weighted by Gasteiger charge is -1.91. The van der Waals surface area contributed by atoms with E-state index in [2.05, 4.69) is 15.1 Å². The molecular weight excluding hydrogens is 132 g/mol. The number of fused-ring (bicyclic) bond motifs is 1. The Labute approximate surface area is 56.0 Å². The Balaban J connectivity index is 2.95. The molecular formula is C5H4N4O. The standard InChI is InChI=1S/C5H4N4O/c10-5-7-3-6-4-1-2-8-9(4)5/h1-3H,(H,6,7,10). The first-order valence-electron chi connectivity index (χ1n) is 2.71. The Hall–Kier alpha value is -1.65. The molecule has 10 heavy (non-hydrogen) atoms. The van der Waals surface area contributed by atoms with Gasteiger partial charge in [0.15, 0.2) is 5.65 Å². The summed E-state index contributed by atoms with van der Waals surface area (Å²) >= 11 is 0. The Kier molecular flexibility index (Phi) is 0.858. The zero-order valence-corrected chi connectivity index (χ0v) is 4.97. The number of nitrogens with zero attached hydrogens (tertiary/aromatic N) is 4. The van der Waals surface area contributed by atoms with Crippen LogP contribution in [-0.2, 0) is 0 Å². The third-order valence-electron chi connectivity index (χ3n) is 1.18. The van der Waals surface area contributed by atoms with Crippen LogP contribution in [0.1, 0.15) is 0 Å². The van der Waals surface area contributed by atoms with E-state index < -0.39 is 0 Å². The Bertz CT molecular complexity index is 355. The van der Waals surface area contributed by atoms with E-state index in [0.29, 0.717) is 5.65 Å². The maximum Gasteiger partial charge on any atom is 0.318 e. The van der Waals surface area contributed by atoms with Crippen molar-refractivity contribution in [2.75, 3.05) is 0 Å². The van der Waals surface area contributed by atoms with Crippen LogP contribution in [0.2, 0.25) is 0 Å². The molecule has 0 aliphatic carbocycles. The van der Waals surface area contributed by atoms with Crippen LogP contribution in [0, 0.1) is 0 Å². The molecule has 2 heterocycles. The zero-order valence-electron chi connectivity index (χ0n) is 4.97. The van der Waals surface area contributed by atoms with Gasteiger partial charge in [0.05, 0.1) is 6.20 Å². The van der Waals surface area contributed by atoms with Crippen LogP contribution >= 0.6 is 0 Å². The Morgan fingerprint density at radius 2 is 2.30 bits per heavy atom. The van der Waals surface area contributed by atoms with Gasteiger partial charge in [-0.25, -0.2) is 4.98 Å². The number of aromatic hydroxyl groups is 1. The quantitative estimate of drug-likeness (QED) is 0.546. The second-order valence-electron chi connectivity index (χ2n) is 1.77. The number of hydrogen-bond donors (Lipinski definition) is 1. The second-order valence-corrected chi connectivity index (χ2v) is 1.77. The van der Waals surface area contributed by atoms with Gasteiger partial charge in [-0.15, -0.1) is 0 Å². The first-order valence-corrected chi connectivity index (χ1v) is 2.71. The second kappa shape index (κ2) is 1.66. The number of rotatable bonds is 0. The van der Waals surface area contributed by atoms with Crippen molar-refractivity contribution in [2.24, 2.45) is 0 Å². The Morgan fingerprint density at radius 1 is 1.40 bits per heavy atom. The molecule has 0 saturated carbocycles. The van der Waals surface area contributed by atoms with E-state index in [4.69, 9.17) is 5.11 Å². The topological polar surface area (TPSA) is 63.3 Å².